The molecule has 4 saturated heterocycles. The van der Waals surface area contributed by atoms with E-state index in [1.54, 1.807) is 17.0 Å². The highest BCUT2D eigenvalue weighted by Crippen LogP contribution is 2.40. The number of nitrogens with one attached hydrogen (secondary N) is 2. The number of hydrogen-bond acceptors (Lipinski definition) is 9. The Morgan fingerprint density at radius 1 is 0.754 bits per heavy atom. The van der Waals surface area contributed by atoms with Gasteiger partial charge >= 0.3 is 5.97 Å². The van der Waals surface area contributed by atoms with Gasteiger partial charge in [-0.15, -0.1) is 0 Å². The van der Waals surface area contributed by atoms with E-state index in [-0.39, 0.29) is 47.3 Å². The van der Waals surface area contributed by atoms with Crippen molar-refractivity contribution in [2.75, 3.05) is 39.3 Å². The Kier molecular flexibility index (Phi) is 12.9. The Morgan fingerprint density at radius 3 is 2.03 bits per heavy atom. The standard InChI is InChI=1S/C53H55N5O7/c59-45-21-19-43(44-20-22-48(61)55-49(44)45)46(60)32-54-31-36-11-13-37(14-12-36)33-58(51(63)40-7-3-1-4-8-40)34-38-15-17-41(18-16-38)50(62)57-29-25-53(26-30-57,42-9-5-2-6-10-42)52(64)65-47-35-56-27-23-39(47)24-28-56/h1-22,39,46-47,54,59-60H,23-35H2,(H,55,61)/t46-,47-/m0/s1. The predicted molar refractivity (Wildman–Crippen MR) is 248 cm³/mol. The van der Waals surface area contributed by atoms with E-state index in [1.807, 2.05) is 114 Å². The number of rotatable bonds is 14. The zero-order valence-electron chi connectivity index (χ0n) is 36.4. The van der Waals surface area contributed by atoms with Gasteiger partial charge in [-0.3, -0.25) is 24.1 Å². The summed E-state index contributed by atoms with van der Waals surface area (Å²) in [5.74, 6) is -0.0141. The van der Waals surface area contributed by atoms with Crippen molar-refractivity contribution in [3.63, 3.8) is 0 Å². The van der Waals surface area contributed by atoms with Gasteiger partial charge in [-0.1, -0.05) is 91.0 Å². The number of carbonyl (C=O) groups excluding carboxylic acids is 3. The molecule has 2 amide bonds. The van der Waals surface area contributed by atoms with E-state index in [0.717, 1.165) is 54.7 Å². The van der Waals surface area contributed by atoms with Crippen molar-refractivity contribution in [1.82, 2.24) is 25.0 Å². The van der Waals surface area contributed by atoms with Crippen LogP contribution in [-0.2, 0) is 34.6 Å². The fourth-order valence-corrected chi connectivity index (χ4v) is 9.87. The van der Waals surface area contributed by atoms with E-state index >= 15 is 0 Å². The number of benzene rings is 5. The van der Waals surface area contributed by atoms with Crippen LogP contribution in [0.1, 0.15) is 80.3 Å². The third-order valence-corrected chi connectivity index (χ3v) is 13.7. The Hall–Kier alpha value is -6.60. The van der Waals surface area contributed by atoms with E-state index in [9.17, 15) is 29.4 Å². The molecule has 0 saturated carbocycles. The van der Waals surface area contributed by atoms with Gasteiger partial charge in [0.15, 0.2) is 0 Å². The van der Waals surface area contributed by atoms with Crippen molar-refractivity contribution in [3.05, 3.63) is 183 Å². The van der Waals surface area contributed by atoms with Gasteiger partial charge in [0.1, 0.15) is 11.9 Å². The largest absolute Gasteiger partial charge is 0.506 e. The van der Waals surface area contributed by atoms with Crippen LogP contribution in [0, 0.1) is 5.92 Å². The van der Waals surface area contributed by atoms with Crippen molar-refractivity contribution in [3.8, 4) is 5.75 Å². The van der Waals surface area contributed by atoms with Gasteiger partial charge in [0.05, 0.1) is 17.0 Å². The number of aromatic hydroxyl groups is 1. The lowest BCUT2D eigenvalue weighted by atomic mass is 9.72. The fourth-order valence-electron chi connectivity index (χ4n) is 9.87. The van der Waals surface area contributed by atoms with Crippen LogP contribution in [0.3, 0.4) is 0 Å². The number of aromatic nitrogens is 1. The third kappa shape index (κ3) is 9.61. The van der Waals surface area contributed by atoms with E-state index in [2.05, 4.69) is 15.2 Å². The maximum absolute atomic E-state index is 14.2. The van der Waals surface area contributed by atoms with Gasteiger partial charge in [-0.25, -0.2) is 0 Å². The normalized spacial score (nSPS) is 19.4. The van der Waals surface area contributed by atoms with Gasteiger partial charge in [-0.2, -0.15) is 0 Å². The Labute approximate surface area is 378 Å². The lowest BCUT2D eigenvalue weighted by Crippen LogP contribution is -2.55. The van der Waals surface area contributed by atoms with Gasteiger partial charge in [0, 0.05) is 68.4 Å². The summed E-state index contributed by atoms with van der Waals surface area (Å²) < 4.78 is 6.35. The summed E-state index contributed by atoms with van der Waals surface area (Å²) in [7, 11) is 0. The summed E-state index contributed by atoms with van der Waals surface area (Å²) in [5.41, 5.74) is 4.64. The smallest absolute Gasteiger partial charge is 0.317 e. The van der Waals surface area contributed by atoms with Crippen molar-refractivity contribution < 1.29 is 29.3 Å². The molecule has 4 aliphatic heterocycles. The number of nitrogens with zero attached hydrogens (tertiary/aromatic N) is 3. The minimum absolute atomic E-state index is 0.0588. The average molecular weight is 874 g/mol. The summed E-state index contributed by atoms with van der Waals surface area (Å²) in [4.78, 5) is 62.5. The first-order chi connectivity index (χ1) is 31.6. The molecule has 65 heavy (non-hydrogen) atoms. The molecule has 334 valence electrons. The van der Waals surface area contributed by atoms with Crippen LogP contribution >= 0.6 is 0 Å². The number of hydrogen-bond donors (Lipinski definition) is 4. The molecular weight excluding hydrogens is 819 g/mol. The van der Waals surface area contributed by atoms with Crippen LogP contribution in [0.15, 0.2) is 138 Å². The van der Waals surface area contributed by atoms with Crippen molar-refractivity contribution in [2.24, 2.45) is 5.92 Å². The highest BCUT2D eigenvalue weighted by molar-refractivity contribution is 5.95. The molecule has 0 aliphatic carbocycles. The molecule has 2 bridgehead atoms. The second-order valence-corrected chi connectivity index (χ2v) is 17.8. The summed E-state index contributed by atoms with van der Waals surface area (Å²) in [6.07, 6.45) is 2.15. The van der Waals surface area contributed by atoms with Crippen LogP contribution in [0.2, 0.25) is 0 Å². The lowest BCUT2D eigenvalue weighted by molar-refractivity contribution is -0.167. The molecule has 0 unspecified atom stereocenters. The summed E-state index contributed by atoms with van der Waals surface area (Å²) in [5, 5.41) is 25.1. The molecule has 12 heteroatoms. The van der Waals surface area contributed by atoms with Crippen molar-refractivity contribution in [2.45, 2.75) is 62.9 Å². The molecular formula is C53H55N5O7. The molecule has 0 spiro atoms. The first kappa shape index (κ1) is 43.6. The number of amides is 2. The van der Waals surface area contributed by atoms with Crippen LogP contribution in [0.25, 0.3) is 10.9 Å². The first-order valence-electron chi connectivity index (χ1n) is 22.7. The molecule has 12 nitrogen and oxygen atoms in total. The molecule has 4 aliphatic rings. The quantitative estimate of drug-likeness (QED) is 0.0875. The van der Waals surface area contributed by atoms with Gasteiger partial charge in [-0.05, 0) is 109 Å². The molecule has 0 radical (unpaired) electrons. The average Bonchev–Trinajstić information content (AvgIpc) is 3.35. The summed E-state index contributed by atoms with van der Waals surface area (Å²) in [6, 6.07) is 40.6. The number of carbonyl (C=O) groups is 3. The van der Waals surface area contributed by atoms with Crippen LogP contribution in [-0.4, -0.2) is 93.1 Å². The number of phenolic OH excluding ortho intramolecular Hbond substituents is 1. The number of esters is 1. The number of piperidine rings is 4. The zero-order chi connectivity index (χ0) is 44.9. The topological polar surface area (TPSA) is 156 Å². The van der Waals surface area contributed by atoms with E-state index in [0.29, 0.717) is 73.6 Å². The number of likely N-dealkylation sites (tertiary alicyclic amines) is 1. The Morgan fingerprint density at radius 2 is 1.38 bits per heavy atom. The number of fused-ring (bicyclic) bond motifs is 4. The molecule has 5 heterocycles. The number of aromatic amines is 1. The molecule has 4 fully saturated rings. The van der Waals surface area contributed by atoms with Crippen LogP contribution < -0.4 is 10.9 Å². The second-order valence-electron chi connectivity index (χ2n) is 17.8. The second kappa shape index (κ2) is 19.2. The Bertz CT molecular complexity index is 2670. The highest BCUT2D eigenvalue weighted by Gasteiger charge is 2.47. The maximum atomic E-state index is 14.2. The minimum atomic E-state index is -0.880. The number of pyridine rings is 1. The van der Waals surface area contributed by atoms with E-state index < -0.39 is 11.5 Å². The van der Waals surface area contributed by atoms with Crippen molar-refractivity contribution >= 4 is 28.7 Å². The van der Waals surface area contributed by atoms with Crippen molar-refractivity contribution in [1.29, 1.82) is 0 Å². The van der Waals surface area contributed by atoms with Gasteiger partial charge in [0.2, 0.25) is 5.56 Å². The van der Waals surface area contributed by atoms with Gasteiger partial charge in [0.25, 0.3) is 11.8 Å². The molecule has 4 N–H and O–H groups in total. The number of H-pyrrole nitrogens is 1. The summed E-state index contributed by atoms with van der Waals surface area (Å²) in [6.45, 7) is 5.23. The fraction of sp³-hybridized carbons (Fsp3) is 0.321. The SMILES string of the molecule is O=C(c1ccc(CN(Cc2ccc(CNC[C@H](O)c3ccc(O)c4[nH]c(=O)ccc34)cc2)C(=O)c2ccccc2)cc1)N1CCC(C(=O)O[C@H]2CN3CCC2CC3)(c2ccccc2)CC1. The number of aliphatic hydroxyl groups is 1. The molecule has 6 aromatic rings. The van der Waals surface area contributed by atoms with Crippen LogP contribution in [0.5, 0.6) is 5.75 Å². The third-order valence-electron chi connectivity index (χ3n) is 13.7. The molecule has 10 rings (SSSR count). The molecule has 5 aromatic carbocycles. The predicted octanol–water partition coefficient (Wildman–Crippen LogP) is 6.71. The monoisotopic (exact) mass is 873 g/mol. The van der Waals surface area contributed by atoms with E-state index in [4.69, 9.17) is 4.74 Å². The number of aliphatic hydroxyl groups excluding tert-OH is 1. The lowest BCUT2D eigenvalue weighted by Gasteiger charge is -2.46. The minimum Gasteiger partial charge on any atom is -0.506 e. The van der Waals surface area contributed by atoms with E-state index in [1.165, 1.54) is 12.1 Å². The maximum Gasteiger partial charge on any atom is 0.317 e. The number of ether oxygens (including phenoxy) is 1. The zero-order valence-corrected chi connectivity index (χ0v) is 36.4. The number of phenols is 1. The summed E-state index contributed by atoms with van der Waals surface area (Å²) >= 11 is 0. The highest BCUT2D eigenvalue weighted by atomic mass is 16.5. The Balaban J connectivity index is 0.826. The molecule has 1 aromatic heterocycles. The molecule has 2 atom stereocenters. The van der Waals surface area contributed by atoms with Crippen LogP contribution in [0.4, 0.5) is 0 Å². The first-order valence-corrected chi connectivity index (χ1v) is 22.7. The van der Waals surface area contributed by atoms with Gasteiger partial charge < -0.3 is 35.1 Å².